The van der Waals surface area contributed by atoms with Gasteiger partial charge >= 0.3 is 0 Å². The van der Waals surface area contributed by atoms with Crippen LogP contribution in [0, 0.1) is 12.8 Å². The minimum absolute atomic E-state index is 0.130. The first kappa shape index (κ1) is 15.5. The number of carbonyl (C=O) groups is 1. The molecule has 1 fully saturated rings. The summed E-state index contributed by atoms with van der Waals surface area (Å²) >= 11 is 6.22. The van der Waals surface area contributed by atoms with Gasteiger partial charge in [-0.2, -0.15) is 5.10 Å². The highest BCUT2D eigenvalue weighted by molar-refractivity contribution is 6.30. The van der Waals surface area contributed by atoms with Crippen LogP contribution in [0.25, 0.3) is 0 Å². The summed E-state index contributed by atoms with van der Waals surface area (Å²) < 4.78 is 7.24. The third-order valence-corrected chi connectivity index (χ3v) is 5.06. The largest absolute Gasteiger partial charge is 0.370 e. The SMILES string of the molecule is COC1(C(=O)Cc2c(C)nn(C)c2Cl)CCC(C)CC1. The predicted octanol–water partition coefficient (Wildman–Crippen LogP) is 3.09. The van der Waals surface area contributed by atoms with Gasteiger partial charge in [0.1, 0.15) is 10.8 Å². The van der Waals surface area contributed by atoms with Crippen LogP contribution in [0.1, 0.15) is 43.9 Å². The Morgan fingerprint density at radius 3 is 2.55 bits per heavy atom. The molecule has 0 saturated heterocycles. The Kier molecular flexibility index (Phi) is 4.55. The summed E-state index contributed by atoms with van der Waals surface area (Å²) in [6, 6.07) is 0. The lowest BCUT2D eigenvalue weighted by atomic mass is 9.76. The standard InChI is InChI=1S/C15H23ClN2O2/c1-10-5-7-15(20-4,8-6-10)13(19)9-12-11(2)17-18(3)14(12)16/h10H,5-9H2,1-4H3. The average Bonchev–Trinajstić information content (AvgIpc) is 2.66. The zero-order valence-electron chi connectivity index (χ0n) is 12.7. The Labute approximate surface area is 125 Å². The first-order chi connectivity index (χ1) is 9.39. The Morgan fingerprint density at radius 2 is 2.10 bits per heavy atom. The van der Waals surface area contributed by atoms with Crippen molar-refractivity contribution < 1.29 is 9.53 Å². The number of aromatic nitrogens is 2. The number of halogens is 1. The normalized spacial score (nSPS) is 26.8. The highest BCUT2D eigenvalue weighted by atomic mass is 35.5. The maximum atomic E-state index is 12.7. The summed E-state index contributed by atoms with van der Waals surface area (Å²) in [5.74, 6) is 0.805. The van der Waals surface area contributed by atoms with E-state index in [1.54, 1.807) is 18.8 Å². The molecule has 0 N–H and O–H groups in total. The molecule has 5 heteroatoms. The van der Waals surface area contributed by atoms with E-state index in [1.165, 1.54) is 0 Å². The average molecular weight is 299 g/mol. The fourth-order valence-electron chi connectivity index (χ4n) is 3.02. The number of hydrogen-bond donors (Lipinski definition) is 0. The first-order valence-electron chi connectivity index (χ1n) is 7.16. The van der Waals surface area contributed by atoms with E-state index >= 15 is 0 Å². The number of ketones is 1. The Balaban J connectivity index is 2.18. The molecule has 1 aliphatic rings. The van der Waals surface area contributed by atoms with Gasteiger partial charge in [0.25, 0.3) is 0 Å². The van der Waals surface area contributed by atoms with Gasteiger partial charge in [-0.15, -0.1) is 0 Å². The molecule has 0 amide bonds. The van der Waals surface area contributed by atoms with Crippen molar-refractivity contribution in [2.75, 3.05) is 7.11 Å². The van der Waals surface area contributed by atoms with E-state index in [0.29, 0.717) is 17.5 Å². The quantitative estimate of drug-likeness (QED) is 0.858. The molecule has 20 heavy (non-hydrogen) atoms. The second-order valence-electron chi connectivity index (χ2n) is 5.96. The zero-order chi connectivity index (χ0) is 14.9. The highest BCUT2D eigenvalue weighted by Gasteiger charge is 2.41. The van der Waals surface area contributed by atoms with Crippen LogP contribution in [-0.2, 0) is 23.0 Å². The van der Waals surface area contributed by atoms with E-state index in [9.17, 15) is 4.79 Å². The fourth-order valence-corrected chi connectivity index (χ4v) is 3.26. The van der Waals surface area contributed by atoms with E-state index in [4.69, 9.17) is 16.3 Å². The van der Waals surface area contributed by atoms with Crippen molar-refractivity contribution in [3.63, 3.8) is 0 Å². The van der Waals surface area contributed by atoms with E-state index in [-0.39, 0.29) is 5.78 Å². The van der Waals surface area contributed by atoms with E-state index < -0.39 is 5.60 Å². The monoisotopic (exact) mass is 298 g/mol. The van der Waals surface area contributed by atoms with Crippen LogP contribution in [0.2, 0.25) is 5.15 Å². The topological polar surface area (TPSA) is 44.1 Å². The van der Waals surface area contributed by atoms with Crippen molar-refractivity contribution in [2.24, 2.45) is 13.0 Å². The molecular weight excluding hydrogens is 276 g/mol. The lowest BCUT2D eigenvalue weighted by Gasteiger charge is -2.37. The summed E-state index contributed by atoms with van der Waals surface area (Å²) in [4.78, 5) is 12.7. The van der Waals surface area contributed by atoms with Crippen LogP contribution in [0.5, 0.6) is 0 Å². The molecular formula is C15H23ClN2O2. The van der Waals surface area contributed by atoms with E-state index in [1.807, 2.05) is 6.92 Å². The fraction of sp³-hybridized carbons (Fsp3) is 0.733. The lowest BCUT2D eigenvalue weighted by molar-refractivity contribution is -0.145. The van der Waals surface area contributed by atoms with E-state index in [2.05, 4.69) is 12.0 Å². The molecule has 0 radical (unpaired) electrons. The van der Waals surface area contributed by atoms with Gasteiger partial charge in [0.2, 0.25) is 0 Å². The van der Waals surface area contributed by atoms with Gasteiger partial charge in [0, 0.05) is 26.1 Å². The molecule has 0 unspecified atom stereocenters. The number of ether oxygens (including phenoxy) is 1. The second kappa shape index (κ2) is 5.86. The number of hydrogen-bond acceptors (Lipinski definition) is 3. The van der Waals surface area contributed by atoms with Crippen LogP contribution in [0.4, 0.5) is 0 Å². The molecule has 0 aromatic carbocycles. The molecule has 0 aliphatic heterocycles. The number of aryl methyl sites for hydroxylation is 2. The molecule has 0 spiro atoms. The first-order valence-corrected chi connectivity index (χ1v) is 7.54. The Morgan fingerprint density at radius 1 is 1.50 bits per heavy atom. The zero-order valence-corrected chi connectivity index (χ0v) is 13.5. The molecule has 1 aliphatic carbocycles. The summed E-state index contributed by atoms with van der Waals surface area (Å²) in [7, 11) is 3.43. The van der Waals surface area contributed by atoms with Gasteiger partial charge in [-0.05, 0) is 38.5 Å². The van der Waals surface area contributed by atoms with Crippen molar-refractivity contribution >= 4 is 17.4 Å². The summed E-state index contributed by atoms with van der Waals surface area (Å²) in [5.41, 5.74) is 1.02. The Bertz CT molecular complexity index is 502. The van der Waals surface area contributed by atoms with Gasteiger partial charge < -0.3 is 4.74 Å². The molecule has 112 valence electrons. The van der Waals surface area contributed by atoms with Crippen LogP contribution in [0.15, 0.2) is 0 Å². The van der Waals surface area contributed by atoms with Crippen molar-refractivity contribution in [2.45, 2.75) is 51.6 Å². The summed E-state index contributed by atoms with van der Waals surface area (Å²) in [6.07, 6.45) is 4.00. The molecule has 4 nitrogen and oxygen atoms in total. The van der Waals surface area contributed by atoms with Crippen LogP contribution >= 0.6 is 11.6 Å². The maximum Gasteiger partial charge on any atom is 0.169 e. The summed E-state index contributed by atoms with van der Waals surface area (Å²) in [6.45, 7) is 4.11. The number of carbonyl (C=O) groups excluding carboxylic acids is 1. The van der Waals surface area contributed by atoms with Crippen molar-refractivity contribution in [1.82, 2.24) is 9.78 Å². The van der Waals surface area contributed by atoms with Crippen molar-refractivity contribution in [3.05, 3.63) is 16.4 Å². The molecule has 1 aromatic rings. The molecule has 2 rings (SSSR count). The maximum absolute atomic E-state index is 12.7. The third kappa shape index (κ3) is 2.77. The smallest absolute Gasteiger partial charge is 0.169 e. The minimum atomic E-state index is -0.627. The van der Waals surface area contributed by atoms with Gasteiger partial charge in [-0.1, -0.05) is 18.5 Å². The second-order valence-corrected chi connectivity index (χ2v) is 6.32. The Hall–Kier alpha value is -0.870. The lowest BCUT2D eigenvalue weighted by Crippen LogP contribution is -2.44. The van der Waals surface area contributed by atoms with Gasteiger partial charge in [-0.3, -0.25) is 9.48 Å². The predicted molar refractivity (Wildman–Crippen MR) is 79.0 cm³/mol. The van der Waals surface area contributed by atoms with Crippen LogP contribution < -0.4 is 0 Å². The van der Waals surface area contributed by atoms with Gasteiger partial charge in [-0.25, -0.2) is 0 Å². The molecule has 0 bridgehead atoms. The van der Waals surface area contributed by atoms with Gasteiger partial charge in [0.05, 0.1) is 5.69 Å². The molecule has 1 heterocycles. The number of rotatable bonds is 4. The number of methoxy groups -OCH3 is 1. The highest BCUT2D eigenvalue weighted by Crippen LogP contribution is 2.36. The molecule has 1 saturated carbocycles. The van der Waals surface area contributed by atoms with E-state index in [0.717, 1.165) is 36.9 Å². The van der Waals surface area contributed by atoms with Crippen LogP contribution in [0.3, 0.4) is 0 Å². The third-order valence-electron chi connectivity index (χ3n) is 4.59. The molecule has 0 atom stereocenters. The summed E-state index contributed by atoms with van der Waals surface area (Å²) in [5, 5.41) is 4.81. The minimum Gasteiger partial charge on any atom is -0.370 e. The van der Waals surface area contributed by atoms with Gasteiger partial charge in [0.15, 0.2) is 5.78 Å². The molecule has 1 aromatic heterocycles. The van der Waals surface area contributed by atoms with Crippen LogP contribution in [-0.4, -0.2) is 28.3 Å². The van der Waals surface area contributed by atoms with Crippen molar-refractivity contribution in [1.29, 1.82) is 0 Å². The number of nitrogens with zero attached hydrogens (tertiary/aromatic N) is 2. The van der Waals surface area contributed by atoms with Crippen molar-refractivity contribution in [3.8, 4) is 0 Å². The number of Topliss-reactive ketones (excluding diaryl/α,β-unsaturated/α-hetero) is 1.